The molecule has 0 saturated carbocycles. The van der Waals surface area contributed by atoms with E-state index in [2.05, 4.69) is 10.0 Å². The molecule has 2 aromatic carbocycles. The Morgan fingerprint density at radius 1 is 1.12 bits per heavy atom. The van der Waals surface area contributed by atoms with Crippen LogP contribution in [0.4, 0.5) is 10.1 Å². The number of ether oxygens (including phenoxy) is 1. The van der Waals surface area contributed by atoms with Gasteiger partial charge < -0.3 is 9.64 Å². The third kappa shape index (κ3) is 6.24. The van der Waals surface area contributed by atoms with Crippen LogP contribution in [0, 0.1) is 15.9 Å². The second kappa shape index (κ2) is 12.5. The molecule has 2 amide bonds. The minimum absolute atomic E-state index is 0.0867. The van der Waals surface area contributed by atoms with Gasteiger partial charge in [0.2, 0.25) is 0 Å². The Bertz CT molecular complexity index is 1410. The van der Waals surface area contributed by atoms with Crippen LogP contribution in [0.1, 0.15) is 33.3 Å². The number of amides is 2. The standard InChI is InChI=1S/C28H28FN5O5S/c29-23-8-2-1-7-22(23)28(36)32(11-10-31-12-14-39-15-13-31)19-27(35)33-25(18-24(30-33)26-9-4-16-40-26)20-5-3-6-21(17-20)34(37)38/h1-9,16-17,25H,10-15,18-19H2. The van der Waals surface area contributed by atoms with Gasteiger partial charge in [-0.3, -0.25) is 24.6 Å². The van der Waals surface area contributed by atoms with E-state index in [9.17, 15) is 24.1 Å². The number of nitro groups is 1. The lowest BCUT2D eigenvalue weighted by molar-refractivity contribution is -0.385. The molecule has 1 aromatic heterocycles. The fourth-order valence-corrected chi connectivity index (χ4v) is 5.54. The molecule has 0 bridgehead atoms. The molecular formula is C28H28FN5O5S. The van der Waals surface area contributed by atoms with E-state index in [-0.39, 0.29) is 24.3 Å². The van der Waals surface area contributed by atoms with Crippen molar-refractivity contribution in [2.24, 2.45) is 5.10 Å². The second-order valence-corrected chi connectivity index (χ2v) is 10.4. The lowest BCUT2D eigenvalue weighted by Gasteiger charge is -2.31. The van der Waals surface area contributed by atoms with E-state index in [4.69, 9.17) is 4.74 Å². The fourth-order valence-electron chi connectivity index (χ4n) is 4.82. The molecule has 0 N–H and O–H groups in total. The Hall–Kier alpha value is -4.00. The summed E-state index contributed by atoms with van der Waals surface area (Å²) in [6.45, 7) is 2.93. The number of carbonyl (C=O) groups is 2. The van der Waals surface area contributed by atoms with Crippen molar-refractivity contribution in [3.05, 3.63) is 98.0 Å². The van der Waals surface area contributed by atoms with Gasteiger partial charge in [-0.2, -0.15) is 5.10 Å². The third-order valence-electron chi connectivity index (χ3n) is 6.94. The molecular weight excluding hydrogens is 537 g/mol. The molecule has 1 saturated heterocycles. The molecule has 3 heterocycles. The van der Waals surface area contributed by atoms with Crippen LogP contribution in [0.3, 0.4) is 0 Å². The molecule has 0 radical (unpaired) electrons. The SMILES string of the molecule is O=C(c1ccccc1F)N(CCN1CCOCC1)CC(=O)N1N=C(c2cccs2)CC1c1cccc([N+](=O)[O-])c1. The van der Waals surface area contributed by atoms with Crippen LogP contribution < -0.4 is 0 Å². The van der Waals surface area contributed by atoms with Gasteiger partial charge in [0.05, 0.1) is 40.3 Å². The fraction of sp³-hybridized carbons (Fsp3) is 0.321. The number of hydrazone groups is 1. The van der Waals surface area contributed by atoms with Crippen LogP contribution in [0.15, 0.2) is 71.1 Å². The number of benzene rings is 2. The van der Waals surface area contributed by atoms with Crippen LogP contribution in [0.25, 0.3) is 0 Å². The number of carbonyl (C=O) groups excluding carboxylic acids is 2. The monoisotopic (exact) mass is 565 g/mol. The summed E-state index contributed by atoms with van der Waals surface area (Å²) in [6.07, 6.45) is 0.364. The number of rotatable bonds is 9. The van der Waals surface area contributed by atoms with Crippen molar-refractivity contribution in [1.29, 1.82) is 0 Å². The largest absolute Gasteiger partial charge is 0.379 e. The first-order chi connectivity index (χ1) is 19.4. The number of morpholine rings is 1. The summed E-state index contributed by atoms with van der Waals surface area (Å²) in [5.74, 6) is -1.71. The van der Waals surface area contributed by atoms with E-state index in [1.807, 2.05) is 17.5 Å². The number of nitrogens with zero attached hydrogens (tertiary/aromatic N) is 5. The van der Waals surface area contributed by atoms with E-state index in [0.717, 1.165) is 4.88 Å². The predicted molar refractivity (Wildman–Crippen MR) is 148 cm³/mol. The summed E-state index contributed by atoms with van der Waals surface area (Å²) in [7, 11) is 0. The molecule has 2 aliphatic rings. The van der Waals surface area contributed by atoms with Crippen LogP contribution in [-0.4, -0.2) is 83.2 Å². The molecule has 1 fully saturated rings. The molecule has 10 nitrogen and oxygen atoms in total. The van der Waals surface area contributed by atoms with Gasteiger partial charge in [0.1, 0.15) is 12.4 Å². The molecule has 12 heteroatoms. The number of thiophene rings is 1. The van der Waals surface area contributed by atoms with E-state index < -0.39 is 28.6 Å². The summed E-state index contributed by atoms with van der Waals surface area (Å²) in [5.41, 5.74) is 1.05. The highest BCUT2D eigenvalue weighted by atomic mass is 32.1. The zero-order valence-electron chi connectivity index (χ0n) is 21.6. The maximum absolute atomic E-state index is 14.6. The number of non-ortho nitro benzene ring substituents is 1. The van der Waals surface area contributed by atoms with Crippen molar-refractivity contribution in [2.45, 2.75) is 12.5 Å². The van der Waals surface area contributed by atoms with Crippen LogP contribution in [0.5, 0.6) is 0 Å². The van der Waals surface area contributed by atoms with E-state index in [0.29, 0.717) is 50.5 Å². The minimum Gasteiger partial charge on any atom is -0.379 e. The number of nitro benzene ring substituents is 1. The van der Waals surface area contributed by atoms with Crippen LogP contribution >= 0.6 is 11.3 Å². The molecule has 0 aliphatic carbocycles. The number of hydrogen-bond acceptors (Lipinski definition) is 8. The Labute approximate surface area is 234 Å². The molecule has 5 rings (SSSR count). The van der Waals surface area contributed by atoms with E-state index in [1.54, 1.807) is 18.2 Å². The van der Waals surface area contributed by atoms with Crippen molar-refractivity contribution < 1.29 is 23.6 Å². The molecule has 0 spiro atoms. The first-order valence-corrected chi connectivity index (χ1v) is 13.8. The molecule has 40 heavy (non-hydrogen) atoms. The number of halogens is 1. The number of hydrogen-bond donors (Lipinski definition) is 0. The molecule has 2 aliphatic heterocycles. The van der Waals surface area contributed by atoms with Crippen molar-refractivity contribution in [3.63, 3.8) is 0 Å². The summed E-state index contributed by atoms with van der Waals surface area (Å²) in [6, 6.07) is 15.0. The zero-order chi connectivity index (χ0) is 28.1. The molecule has 208 valence electrons. The highest BCUT2D eigenvalue weighted by Gasteiger charge is 2.35. The second-order valence-electron chi connectivity index (χ2n) is 9.49. The summed E-state index contributed by atoms with van der Waals surface area (Å²) in [4.78, 5) is 42.6. The van der Waals surface area contributed by atoms with Crippen molar-refractivity contribution >= 4 is 34.6 Å². The topological polar surface area (TPSA) is 109 Å². The zero-order valence-corrected chi connectivity index (χ0v) is 22.5. The molecule has 1 unspecified atom stereocenters. The Morgan fingerprint density at radius 2 is 1.93 bits per heavy atom. The highest BCUT2D eigenvalue weighted by Crippen LogP contribution is 2.35. The molecule has 3 aromatic rings. The van der Waals surface area contributed by atoms with Gasteiger partial charge >= 0.3 is 0 Å². The van der Waals surface area contributed by atoms with Crippen molar-refractivity contribution in [1.82, 2.24) is 14.8 Å². The van der Waals surface area contributed by atoms with Gasteiger partial charge in [-0.15, -0.1) is 11.3 Å². The average Bonchev–Trinajstić information content (AvgIpc) is 3.66. The van der Waals surface area contributed by atoms with Gasteiger partial charge in [0, 0.05) is 44.7 Å². The van der Waals surface area contributed by atoms with Gasteiger partial charge in [-0.25, -0.2) is 9.40 Å². The quantitative estimate of drug-likeness (QED) is 0.287. The van der Waals surface area contributed by atoms with Gasteiger partial charge in [-0.05, 0) is 29.1 Å². The first-order valence-electron chi connectivity index (χ1n) is 12.9. The summed E-state index contributed by atoms with van der Waals surface area (Å²) < 4.78 is 20.0. The van der Waals surface area contributed by atoms with Crippen molar-refractivity contribution in [2.75, 3.05) is 45.9 Å². The Kier molecular flexibility index (Phi) is 8.58. The van der Waals surface area contributed by atoms with Crippen LogP contribution in [-0.2, 0) is 9.53 Å². The van der Waals surface area contributed by atoms with Crippen molar-refractivity contribution in [3.8, 4) is 0 Å². The normalized spacial score (nSPS) is 17.5. The van der Waals surface area contributed by atoms with E-state index in [1.165, 1.54) is 51.6 Å². The first kappa shape index (κ1) is 27.6. The summed E-state index contributed by atoms with van der Waals surface area (Å²) >= 11 is 1.48. The average molecular weight is 566 g/mol. The van der Waals surface area contributed by atoms with E-state index >= 15 is 0 Å². The lowest BCUT2D eigenvalue weighted by Crippen LogP contribution is -2.46. The molecule has 1 atom stereocenters. The third-order valence-corrected chi connectivity index (χ3v) is 7.86. The highest BCUT2D eigenvalue weighted by molar-refractivity contribution is 7.12. The maximum atomic E-state index is 14.6. The van der Waals surface area contributed by atoms with Gasteiger partial charge in [0.25, 0.3) is 17.5 Å². The van der Waals surface area contributed by atoms with Crippen LogP contribution in [0.2, 0.25) is 0 Å². The Balaban J connectivity index is 1.42. The lowest BCUT2D eigenvalue weighted by atomic mass is 10.0. The van der Waals surface area contributed by atoms with Gasteiger partial charge in [0.15, 0.2) is 0 Å². The predicted octanol–water partition coefficient (Wildman–Crippen LogP) is 3.95. The summed E-state index contributed by atoms with van der Waals surface area (Å²) in [5, 5.41) is 19.3. The maximum Gasteiger partial charge on any atom is 0.269 e. The Morgan fingerprint density at radius 3 is 2.65 bits per heavy atom. The smallest absolute Gasteiger partial charge is 0.269 e. The minimum atomic E-state index is -0.662. The van der Waals surface area contributed by atoms with Gasteiger partial charge in [-0.1, -0.05) is 30.3 Å².